The van der Waals surface area contributed by atoms with Crippen LogP contribution in [0.25, 0.3) is 0 Å². The molecule has 0 unspecified atom stereocenters. The van der Waals surface area contributed by atoms with Crippen molar-refractivity contribution < 1.29 is 9.53 Å². The van der Waals surface area contributed by atoms with Crippen molar-refractivity contribution in [1.82, 2.24) is 5.32 Å². The second-order valence-corrected chi connectivity index (χ2v) is 7.56. The van der Waals surface area contributed by atoms with Gasteiger partial charge in [0.1, 0.15) is 11.9 Å². The molecule has 0 spiro atoms. The number of hydrogen-bond donors (Lipinski definition) is 2. The van der Waals surface area contributed by atoms with Gasteiger partial charge in [-0.2, -0.15) is 0 Å². The second-order valence-electron chi connectivity index (χ2n) is 5.19. The Bertz CT molecular complexity index is 700. The largest absolute Gasteiger partial charge is 0.497 e. The molecule has 7 heteroatoms. The van der Waals surface area contributed by atoms with E-state index in [1.165, 1.54) is 0 Å². The number of hydrogen-bond acceptors (Lipinski definition) is 3. The molecule has 0 heterocycles. The monoisotopic (exact) mass is 386 g/mol. The molecule has 2 N–H and O–H groups in total. The summed E-state index contributed by atoms with van der Waals surface area (Å²) < 4.78 is 3.34. The molecule has 0 radical (unpaired) electrons. The van der Waals surface area contributed by atoms with Gasteiger partial charge in [0.25, 0.3) is 5.91 Å². The average Bonchev–Trinajstić information content (AvgIpc) is 2.53. The minimum Gasteiger partial charge on any atom is -0.497 e. The van der Waals surface area contributed by atoms with E-state index >= 15 is 0 Å². The van der Waals surface area contributed by atoms with Gasteiger partial charge in [0.2, 0.25) is 3.79 Å². The van der Waals surface area contributed by atoms with E-state index in [0.717, 1.165) is 11.3 Å². The van der Waals surface area contributed by atoms with Crippen LogP contribution in [0, 0.1) is 6.92 Å². The van der Waals surface area contributed by atoms with E-state index in [-0.39, 0.29) is 5.91 Å². The number of nitrogens with one attached hydrogen (secondary N) is 2. The van der Waals surface area contributed by atoms with Crippen molar-refractivity contribution in [2.45, 2.75) is 16.9 Å². The van der Waals surface area contributed by atoms with Gasteiger partial charge in [-0.25, -0.2) is 0 Å². The Morgan fingerprint density at radius 3 is 2.33 bits per heavy atom. The highest BCUT2D eigenvalue weighted by molar-refractivity contribution is 6.68. The van der Waals surface area contributed by atoms with Gasteiger partial charge in [0.05, 0.1) is 7.11 Å². The summed E-state index contributed by atoms with van der Waals surface area (Å²) in [6.45, 7) is 1.95. The van der Waals surface area contributed by atoms with Crippen LogP contribution in [0.3, 0.4) is 0 Å². The fourth-order valence-electron chi connectivity index (χ4n) is 2.06. The first-order valence-corrected chi connectivity index (χ1v) is 8.28. The summed E-state index contributed by atoms with van der Waals surface area (Å²) in [7, 11) is 1.56. The van der Waals surface area contributed by atoms with Crippen molar-refractivity contribution in [3.05, 3.63) is 59.7 Å². The number of aryl methyl sites for hydroxylation is 1. The summed E-state index contributed by atoms with van der Waals surface area (Å²) in [5, 5.41) is 5.72. The number of rotatable bonds is 5. The lowest BCUT2D eigenvalue weighted by Gasteiger charge is -2.27. The molecule has 1 atom stereocenters. The van der Waals surface area contributed by atoms with E-state index in [1.54, 1.807) is 31.4 Å². The predicted molar refractivity (Wildman–Crippen MR) is 99.3 cm³/mol. The number of benzene rings is 2. The van der Waals surface area contributed by atoms with Crippen LogP contribution >= 0.6 is 34.8 Å². The molecule has 1 amide bonds. The number of amides is 1. The summed E-state index contributed by atoms with van der Waals surface area (Å²) in [6, 6.07) is 14.2. The Kier molecular flexibility index (Phi) is 6.21. The fraction of sp³-hybridized carbons (Fsp3) is 0.235. The van der Waals surface area contributed by atoms with Crippen LogP contribution in [0.2, 0.25) is 0 Å². The summed E-state index contributed by atoms with van der Waals surface area (Å²) in [5.74, 6) is 0.288. The van der Waals surface area contributed by atoms with Gasteiger partial charge in [-0.3, -0.25) is 4.79 Å². The van der Waals surface area contributed by atoms with Crippen LogP contribution in [-0.4, -0.2) is 23.0 Å². The topological polar surface area (TPSA) is 50.4 Å². The van der Waals surface area contributed by atoms with Crippen LogP contribution in [0.5, 0.6) is 5.75 Å². The van der Waals surface area contributed by atoms with E-state index in [2.05, 4.69) is 10.6 Å². The normalized spacial score (nSPS) is 12.4. The minimum atomic E-state index is -1.73. The maximum Gasteiger partial charge on any atom is 0.252 e. The van der Waals surface area contributed by atoms with Crippen LogP contribution in [0.15, 0.2) is 48.5 Å². The lowest BCUT2D eigenvalue weighted by atomic mass is 10.2. The molecular weight excluding hydrogens is 371 g/mol. The molecule has 0 saturated heterocycles. The number of alkyl halides is 3. The number of carbonyl (C=O) groups excluding carboxylic acids is 1. The predicted octanol–water partition coefficient (Wildman–Crippen LogP) is 4.54. The Balaban J connectivity index is 2.14. The van der Waals surface area contributed by atoms with Crippen LogP contribution in [0.1, 0.15) is 15.9 Å². The number of halogens is 3. The van der Waals surface area contributed by atoms with Crippen molar-refractivity contribution in [2.24, 2.45) is 0 Å². The molecule has 2 rings (SSSR count). The third-order valence-corrected chi connectivity index (χ3v) is 3.94. The molecular formula is C17H17Cl3N2O2. The zero-order valence-electron chi connectivity index (χ0n) is 13.1. The lowest BCUT2D eigenvalue weighted by Crippen LogP contribution is -2.49. The molecule has 0 bridgehead atoms. The molecule has 0 aliphatic rings. The van der Waals surface area contributed by atoms with Gasteiger partial charge >= 0.3 is 0 Å². The number of carbonyl (C=O) groups is 1. The summed E-state index contributed by atoms with van der Waals surface area (Å²) in [6.07, 6.45) is -0.904. The van der Waals surface area contributed by atoms with Crippen molar-refractivity contribution in [3.8, 4) is 5.75 Å². The maximum absolute atomic E-state index is 12.4. The quantitative estimate of drug-likeness (QED) is 0.585. The Morgan fingerprint density at radius 1 is 1.12 bits per heavy atom. The van der Waals surface area contributed by atoms with Crippen LogP contribution in [-0.2, 0) is 0 Å². The molecule has 0 aliphatic carbocycles. The Hall–Kier alpha value is -1.62. The first-order valence-electron chi connectivity index (χ1n) is 7.14. The number of ether oxygens (including phenoxy) is 1. The molecule has 4 nitrogen and oxygen atoms in total. The van der Waals surface area contributed by atoms with Crippen LogP contribution < -0.4 is 15.4 Å². The SMILES string of the molecule is COc1ccc(C(=O)N[C@@H](Nc2cccc(C)c2)C(Cl)(Cl)Cl)cc1. The van der Waals surface area contributed by atoms with Crippen molar-refractivity contribution in [2.75, 3.05) is 12.4 Å². The lowest BCUT2D eigenvalue weighted by molar-refractivity contribution is 0.0942. The first-order chi connectivity index (χ1) is 11.3. The first kappa shape index (κ1) is 18.7. The number of methoxy groups -OCH3 is 1. The highest BCUT2D eigenvalue weighted by Gasteiger charge is 2.34. The van der Waals surface area contributed by atoms with E-state index < -0.39 is 9.96 Å². The van der Waals surface area contributed by atoms with Crippen LogP contribution in [0.4, 0.5) is 5.69 Å². The van der Waals surface area contributed by atoms with Crippen molar-refractivity contribution in [3.63, 3.8) is 0 Å². The highest BCUT2D eigenvalue weighted by atomic mass is 35.6. The summed E-state index contributed by atoms with van der Waals surface area (Å²) >= 11 is 18.0. The molecule has 0 fully saturated rings. The van der Waals surface area contributed by atoms with Gasteiger partial charge in [-0.05, 0) is 48.9 Å². The minimum absolute atomic E-state index is 0.367. The van der Waals surface area contributed by atoms with Gasteiger partial charge in [-0.1, -0.05) is 46.9 Å². The molecule has 0 saturated carbocycles. The van der Waals surface area contributed by atoms with E-state index in [0.29, 0.717) is 11.3 Å². The Labute approximate surface area is 156 Å². The van der Waals surface area contributed by atoms with E-state index in [4.69, 9.17) is 39.5 Å². The fourth-order valence-corrected chi connectivity index (χ4v) is 2.39. The van der Waals surface area contributed by atoms with Gasteiger partial charge in [0, 0.05) is 11.3 Å². The van der Waals surface area contributed by atoms with Gasteiger partial charge < -0.3 is 15.4 Å². The van der Waals surface area contributed by atoms with Crippen molar-refractivity contribution >= 4 is 46.4 Å². The van der Waals surface area contributed by atoms with E-state index in [9.17, 15) is 4.79 Å². The summed E-state index contributed by atoms with van der Waals surface area (Å²) in [5.41, 5.74) is 2.21. The standard InChI is InChI=1S/C17H17Cl3N2O2/c1-11-4-3-5-13(10-11)21-16(17(18,19)20)22-15(23)12-6-8-14(24-2)9-7-12/h3-10,16,21H,1-2H3,(H,22,23)/t16-/m1/s1. The molecule has 0 aliphatic heterocycles. The molecule has 2 aromatic carbocycles. The second kappa shape index (κ2) is 7.97. The zero-order chi connectivity index (χ0) is 17.7. The number of anilines is 1. The molecule has 0 aromatic heterocycles. The average molecular weight is 388 g/mol. The Morgan fingerprint density at radius 2 is 1.79 bits per heavy atom. The highest BCUT2D eigenvalue weighted by Crippen LogP contribution is 2.31. The zero-order valence-corrected chi connectivity index (χ0v) is 15.4. The molecule has 2 aromatic rings. The molecule has 128 valence electrons. The van der Waals surface area contributed by atoms with Gasteiger partial charge in [0.15, 0.2) is 0 Å². The van der Waals surface area contributed by atoms with E-state index in [1.807, 2.05) is 31.2 Å². The smallest absolute Gasteiger partial charge is 0.252 e. The molecule has 24 heavy (non-hydrogen) atoms. The van der Waals surface area contributed by atoms with Gasteiger partial charge in [-0.15, -0.1) is 0 Å². The van der Waals surface area contributed by atoms with Crippen molar-refractivity contribution in [1.29, 1.82) is 0 Å². The third-order valence-electron chi connectivity index (χ3n) is 3.28. The third kappa shape index (κ3) is 5.20. The maximum atomic E-state index is 12.4. The summed E-state index contributed by atoms with van der Waals surface area (Å²) in [4.78, 5) is 12.4.